The van der Waals surface area contributed by atoms with E-state index in [9.17, 15) is 4.79 Å². The molecule has 50 valence electrons. The van der Waals surface area contributed by atoms with Crippen LogP contribution in [-0.2, 0) is 4.79 Å². The van der Waals surface area contributed by atoms with E-state index in [4.69, 9.17) is 15.0 Å². The lowest BCUT2D eigenvalue weighted by Gasteiger charge is -1.89. The van der Waals surface area contributed by atoms with Crippen LogP contribution in [0.4, 0.5) is 0 Å². The van der Waals surface area contributed by atoms with Gasteiger partial charge < -0.3 is 15.0 Å². The smallest absolute Gasteiger partial charge is 0.332 e. The summed E-state index contributed by atoms with van der Waals surface area (Å²) in [5.74, 6) is -1.19. The second kappa shape index (κ2) is 6.61. The van der Waals surface area contributed by atoms with Crippen molar-refractivity contribution in [3.05, 3.63) is 0 Å². The molecule has 0 aromatic heterocycles. The van der Waals surface area contributed by atoms with Crippen molar-refractivity contribution in [2.24, 2.45) is 0 Å². The topological polar surface area (TPSA) is 77.8 Å². The van der Waals surface area contributed by atoms with Crippen molar-refractivity contribution in [3.63, 3.8) is 0 Å². The molecule has 0 aromatic carbocycles. The number of carbonyl (C=O) groups is 1. The Morgan fingerprint density at radius 1 is 1.62 bits per heavy atom. The van der Waals surface area contributed by atoms with Crippen LogP contribution in [0.1, 0.15) is 6.92 Å². The summed E-state index contributed by atoms with van der Waals surface area (Å²) in [4.78, 5) is 16.6. The molecule has 0 saturated carbocycles. The molecule has 0 fully saturated rings. The van der Waals surface area contributed by atoms with Crippen LogP contribution in [0.5, 0.6) is 0 Å². The second-order valence-corrected chi connectivity index (χ2v) is 1.01. The number of carboxylic acids is 1. The fraction of sp³-hybridized carbons (Fsp3) is 0.667. The predicted molar refractivity (Wildman–Crippen MR) is 31.5 cm³/mol. The third-order valence-corrected chi connectivity index (χ3v) is 0.357. The number of aliphatic hydroxyl groups excluding tert-OH is 1. The normalized spacial score (nSPS) is 11.4. The van der Waals surface area contributed by atoms with E-state index in [-0.39, 0.29) is 0 Å². The third-order valence-electron chi connectivity index (χ3n) is 0.357. The zero-order chi connectivity index (χ0) is 7.15. The molecule has 0 aromatic rings. The highest BCUT2D eigenvalue weighted by Gasteiger charge is 2.01. The minimum Gasteiger partial charge on any atom is -0.479 e. The molecule has 0 aliphatic carbocycles. The average molecular weight is 138 g/mol. The van der Waals surface area contributed by atoms with Crippen LogP contribution in [0.2, 0.25) is 0 Å². The summed E-state index contributed by atoms with van der Waals surface area (Å²) in [6.07, 6.45) is -1.23. The van der Waals surface area contributed by atoms with Gasteiger partial charge in [0.1, 0.15) is 16.6 Å². The molecule has 0 rings (SSSR count). The number of rotatable bonds is 1. The van der Waals surface area contributed by atoms with Gasteiger partial charge in [0.15, 0.2) is 0 Å². The molecule has 0 aliphatic heterocycles. The van der Waals surface area contributed by atoms with Gasteiger partial charge in [0, 0.05) is 0 Å². The van der Waals surface area contributed by atoms with Gasteiger partial charge in [-0.05, 0) is 6.92 Å². The molecule has 4 nitrogen and oxygen atoms in total. The van der Waals surface area contributed by atoms with E-state index in [0.717, 1.165) is 0 Å². The van der Waals surface area contributed by atoms with Crippen LogP contribution in [0.3, 0.4) is 0 Å². The van der Waals surface area contributed by atoms with E-state index in [1.165, 1.54) is 6.92 Å². The molecular formula is C3H10O4Si. The highest BCUT2D eigenvalue weighted by atomic mass is 28.2. The molecule has 0 amide bonds. The number of hydrogen-bond donors (Lipinski definition) is 3. The second-order valence-electron chi connectivity index (χ2n) is 1.01. The Hall–Kier alpha value is -0.393. The quantitative estimate of drug-likeness (QED) is 0.356. The summed E-state index contributed by atoms with van der Waals surface area (Å²) in [7, 11) is 0.306. The lowest BCUT2D eigenvalue weighted by atomic mass is 10.4. The summed E-state index contributed by atoms with van der Waals surface area (Å²) < 4.78 is 0. The number of aliphatic hydroxyl groups is 1. The molecule has 0 saturated heterocycles. The van der Waals surface area contributed by atoms with Gasteiger partial charge in [-0.2, -0.15) is 0 Å². The van der Waals surface area contributed by atoms with Crippen molar-refractivity contribution >= 4 is 16.5 Å². The highest BCUT2D eigenvalue weighted by molar-refractivity contribution is 5.95. The molecular weight excluding hydrogens is 128 g/mol. The van der Waals surface area contributed by atoms with Crippen LogP contribution in [-0.4, -0.2) is 37.6 Å². The van der Waals surface area contributed by atoms with Crippen molar-refractivity contribution in [2.45, 2.75) is 13.0 Å². The summed E-state index contributed by atoms with van der Waals surface area (Å²) >= 11 is 0. The van der Waals surface area contributed by atoms with Gasteiger partial charge in [-0.15, -0.1) is 0 Å². The maximum atomic E-state index is 9.45. The minimum atomic E-state index is -1.23. The van der Waals surface area contributed by atoms with Gasteiger partial charge in [-0.3, -0.25) is 0 Å². The summed E-state index contributed by atoms with van der Waals surface area (Å²) in [6, 6.07) is 0. The Balaban J connectivity index is 0. The first-order valence-electron chi connectivity index (χ1n) is 2.00. The van der Waals surface area contributed by atoms with Crippen LogP contribution >= 0.6 is 0 Å². The van der Waals surface area contributed by atoms with Crippen LogP contribution < -0.4 is 0 Å². The standard InChI is InChI=1S/C3H6O3.H4OSi/c1-2(4)3(5)6;1-2/h2,4H,1H3,(H,5,6);1H,2H3. The van der Waals surface area contributed by atoms with Gasteiger partial charge in [-0.1, -0.05) is 0 Å². The zero-order valence-electron chi connectivity index (χ0n) is 4.83. The zero-order valence-corrected chi connectivity index (χ0v) is 6.83. The highest BCUT2D eigenvalue weighted by Crippen LogP contribution is 1.73. The molecule has 1 atom stereocenters. The Labute approximate surface area is 50.3 Å². The summed E-state index contributed by atoms with van der Waals surface area (Å²) in [5.41, 5.74) is 0. The van der Waals surface area contributed by atoms with Crippen molar-refractivity contribution in [1.29, 1.82) is 0 Å². The Bertz CT molecular complexity index is 62.3. The van der Waals surface area contributed by atoms with E-state index in [0.29, 0.717) is 10.5 Å². The lowest BCUT2D eigenvalue weighted by Crippen LogP contribution is -2.13. The number of hydrogen-bond acceptors (Lipinski definition) is 3. The van der Waals surface area contributed by atoms with Gasteiger partial charge in [0.2, 0.25) is 0 Å². The van der Waals surface area contributed by atoms with Crippen molar-refractivity contribution < 1.29 is 19.8 Å². The first-order chi connectivity index (χ1) is 3.64. The first-order valence-corrected chi connectivity index (χ1v) is 2.89. The molecule has 0 spiro atoms. The van der Waals surface area contributed by atoms with Gasteiger partial charge in [-0.25, -0.2) is 4.79 Å². The largest absolute Gasteiger partial charge is 0.479 e. The van der Waals surface area contributed by atoms with Crippen molar-refractivity contribution in [1.82, 2.24) is 0 Å². The molecule has 0 bridgehead atoms. The Morgan fingerprint density at radius 3 is 1.75 bits per heavy atom. The SMILES string of the molecule is CC(O)C(=O)O.O[SiH3]. The fourth-order valence-corrected chi connectivity index (χ4v) is 0. The molecule has 5 heteroatoms. The van der Waals surface area contributed by atoms with E-state index in [1.54, 1.807) is 0 Å². The summed E-state index contributed by atoms with van der Waals surface area (Å²) in [5, 5.41) is 15.8. The summed E-state index contributed by atoms with van der Waals surface area (Å²) in [6.45, 7) is 1.20. The molecule has 0 heterocycles. The van der Waals surface area contributed by atoms with Crippen LogP contribution in [0.25, 0.3) is 0 Å². The van der Waals surface area contributed by atoms with Crippen molar-refractivity contribution in [2.75, 3.05) is 0 Å². The van der Waals surface area contributed by atoms with Crippen molar-refractivity contribution in [3.8, 4) is 0 Å². The third kappa shape index (κ3) is 9.15. The fourth-order valence-electron chi connectivity index (χ4n) is 0. The molecule has 0 aliphatic rings. The Morgan fingerprint density at radius 2 is 1.75 bits per heavy atom. The van der Waals surface area contributed by atoms with E-state index >= 15 is 0 Å². The van der Waals surface area contributed by atoms with E-state index < -0.39 is 12.1 Å². The molecule has 8 heavy (non-hydrogen) atoms. The predicted octanol–water partition coefficient (Wildman–Crippen LogP) is -2.29. The van der Waals surface area contributed by atoms with E-state index in [2.05, 4.69) is 0 Å². The van der Waals surface area contributed by atoms with E-state index in [1.807, 2.05) is 0 Å². The van der Waals surface area contributed by atoms with Gasteiger partial charge >= 0.3 is 5.97 Å². The Kier molecular flexibility index (Phi) is 8.72. The maximum absolute atomic E-state index is 9.45. The molecule has 1 unspecified atom stereocenters. The molecule has 0 radical (unpaired) electrons. The van der Waals surface area contributed by atoms with Crippen LogP contribution in [0, 0.1) is 0 Å². The van der Waals surface area contributed by atoms with Gasteiger partial charge in [0.05, 0.1) is 0 Å². The number of aliphatic carboxylic acids is 1. The number of carboxylic acid groups (broad SMARTS) is 1. The maximum Gasteiger partial charge on any atom is 0.332 e. The lowest BCUT2D eigenvalue weighted by molar-refractivity contribution is -0.145. The molecule has 3 N–H and O–H groups in total. The average Bonchev–Trinajstić information content (AvgIpc) is 1.72. The minimum absolute atomic E-state index is 0.306. The van der Waals surface area contributed by atoms with Gasteiger partial charge in [0.25, 0.3) is 0 Å². The first kappa shape index (κ1) is 10.6. The monoisotopic (exact) mass is 138 g/mol. The van der Waals surface area contributed by atoms with Crippen LogP contribution in [0.15, 0.2) is 0 Å².